The van der Waals surface area contributed by atoms with Crippen LogP contribution >= 0.6 is 22.9 Å². The molecule has 0 spiro atoms. The Morgan fingerprint density at radius 1 is 1.10 bits per heavy atom. The highest BCUT2D eigenvalue weighted by Gasteiger charge is 2.24. The Labute approximate surface area is 182 Å². The van der Waals surface area contributed by atoms with E-state index in [1.54, 1.807) is 36.0 Å². The summed E-state index contributed by atoms with van der Waals surface area (Å²) in [4.78, 5) is 29.7. The zero-order valence-corrected chi connectivity index (χ0v) is 17.6. The zero-order valence-electron chi connectivity index (χ0n) is 16.0. The van der Waals surface area contributed by atoms with Crippen molar-refractivity contribution in [3.8, 4) is 16.8 Å². The summed E-state index contributed by atoms with van der Waals surface area (Å²) in [5.41, 5.74) is 3.45. The van der Waals surface area contributed by atoms with E-state index in [4.69, 9.17) is 11.6 Å². The Hall–Kier alpha value is -3.22. The lowest BCUT2D eigenvalue weighted by molar-refractivity contribution is 0.0697. The van der Waals surface area contributed by atoms with Crippen LogP contribution in [0.2, 0.25) is 5.02 Å². The molecule has 30 heavy (non-hydrogen) atoms. The van der Waals surface area contributed by atoms with Crippen molar-refractivity contribution in [3.63, 3.8) is 0 Å². The molecule has 5 nitrogen and oxygen atoms in total. The van der Waals surface area contributed by atoms with Gasteiger partial charge in [-0.15, -0.1) is 11.3 Å². The normalized spacial score (nSPS) is 10.9. The second kappa shape index (κ2) is 8.26. The first-order valence-electron chi connectivity index (χ1n) is 9.18. The predicted molar refractivity (Wildman–Crippen MR) is 118 cm³/mol. The smallest absolute Gasteiger partial charge is 0.337 e. The Bertz CT molecular complexity index is 1230. The van der Waals surface area contributed by atoms with Gasteiger partial charge in [0, 0.05) is 27.6 Å². The molecule has 0 aliphatic carbocycles. The standard InChI is InChI=1S/C23H17ClN2O3S/c1-14-22(25-13-26(14)17-5-3-2-4-6-17)19(27)11-20-21(23(28)29)18(12-30-20)15-7-9-16(24)10-8-15/h2-10,12-13H,11H2,1H3,(H,28,29). The number of para-hydroxylation sites is 1. The number of hydrogen-bond donors (Lipinski definition) is 1. The van der Waals surface area contributed by atoms with Crippen molar-refractivity contribution in [1.82, 2.24) is 9.55 Å². The van der Waals surface area contributed by atoms with Crippen LogP contribution in [0, 0.1) is 6.92 Å². The van der Waals surface area contributed by atoms with Gasteiger partial charge in [0.25, 0.3) is 0 Å². The molecule has 2 heterocycles. The third-order valence-electron chi connectivity index (χ3n) is 4.86. The van der Waals surface area contributed by atoms with E-state index in [9.17, 15) is 14.7 Å². The number of thiophene rings is 1. The molecule has 0 fully saturated rings. The van der Waals surface area contributed by atoms with Gasteiger partial charge in [0.05, 0.1) is 11.3 Å². The van der Waals surface area contributed by atoms with E-state index >= 15 is 0 Å². The van der Waals surface area contributed by atoms with Gasteiger partial charge in [0.2, 0.25) is 0 Å². The number of carboxylic acids is 1. The highest BCUT2D eigenvalue weighted by atomic mass is 35.5. The molecular weight excluding hydrogens is 420 g/mol. The minimum Gasteiger partial charge on any atom is -0.478 e. The number of Topliss-reactive ketones (excluding diaryl/α,β-unsaturated/α-hetero) is 1. The van der Waals surface area contributed by atoms with E-state index in [0.29, 0.717) is 21.2 Å². The van der Waals surface area contributed by atoms with Crippen molar-refractivity contribution in [2.75, 3.05) is 0 Å². The third-order valence-corrected chi connectivity index (χ3v) is 6.10. The summed E-state index contributed by atoms with van der Waals surface area (Å²) >= 11 is 7.20. The molecular formula is C23H17ClN2O3S. The predicted octanol–water partition coefficient (Wildman–Crippen LogP) is 5.69. The number of aromatic carboxylic acids is 1. The summed E-state index contributed by atoms with van der Waals surface area (Å²) < 4.78 is 1.85. The highest BCUT2D eigenvalue weighted by Crippen LogP contribution is 2.33. The summed E-state index contributed by atoms with van der Waals surface area (Å²) in [7, 11) is 0. The summed E-state index contributed by atoms with van der Waals surface area (Å²) in [5.74, 6) is -1.27. The van der Waals surface area contributed by atoms with Crippen molar-refractivity contribution in [1.29, 1.82) is 0 Å². The van der Waals surface area contributed by atoms with Gasteiger partial charge in [-0.2, -0.15) is 0 Å². The van der Waals surface area contributed by atoms with Crippen LogP contribution < -0.4 is 0 Å². The first-order chi connectivity index (χ1) is 14.5. The topological polar surface area (TPSA) is 72.2 Å². The van der Waals surface area contributed by atoms with Gasteiger partial charge < -0.3 is 9.67 Å². The number of carboxylic acid groups (broad SMARTS) is 1. The maximum Gasteiger partial charge on any atom is 0.337 e. The number of benzene rings is 2. The lowest BCUT2D eigenvalue weighted by Crippen LogP contribution is -2.09. The van der Waals surface area contributed by atoms with Crippen molar-refractivity contribution >= 4 is 34.7 Å². The number of carbonyl (C=O) groups is 2. The minimum atomic E-state index is -1.06. The molecule has 2 aromatic heterocycles. The molecule has 0 radical (unpaired) electrons. The number of halogens is 1. The summed E-state index contributed by atoms with van der Waals surface area (Å²) in [6, 6.07) is 16.6. The van der Waals surface area contributed by atoms with Crippen LogP contribution in [0.25, 0.3) is 16.8 Å². The molecule has 0 bridgehead atoms. The van der Waals surface area contributed by atoms with Crippen molar-refractivity contribution in [3.05, 3.63) is 93.2 Å². The second-order valence-electron chi connectivity index (χ2n) is 6.74. The molecule has 4 rings (SSSR count). The number of rotatable bonds is 6. The van der Waals surface area contributed by atoms with Crippen molar-refractivity contribution in [2.45, 2.75) is 13.3 Å². The van der Waals surface area contributed by atoms with E-state index in [2.05, 4.69) is 4.98 Å². The quantitative estimate of drug-likeness (QED) is 0.394. The number of carbonyl (C=O) groups excluding carboxylic acids is 1. The van der Waals surface area contributed by atoms with Crippen molar-refractivity contribution in [2.24, 2.45) is 0 Å². The first kappa shape index (κ1) is 20.1. The molecule has 0 aliphatic rings. The van der Waals surface area contributed by atoms with E-state index in [1.807, 2.05) is 41.8 Å². The third kappa shape index (κ3) is 3.79. The van der Waals surface area contributed by atoms with Gasteiger partial charge in [-0.1, -0.05) is 41.9 Å². The number of nitrogens with zero attached hydrogens (tertiary/aromatic N) is 2. The molecule has 4 aromatic rings. The van der Waals surface area contributed by atoms with Gasteiger partial charge in [-0.05, 0) is 42.1 Å². The maximum atomic E-state index is 13.0. The molecule has 7 heteroatoms. The Kier molecular flexibility index (Phi) is 5.53. The number of imidazole rings is 1. The van der Waals surface area contributed by atoms with E-state index in [1.165, 1.54) is 11.3 Å². The molecule has 1 N–H and O–H groups in total. The fourth-order valence-electron chi connectivity index (χ4n) is 3.37. The fraction of sp³-hybridized carbons (Fsp3) is 0.0870. The number of hydrogen-bond acceptors (Lipinski definition) is 4. The SMILES string of the molecule is Cc1c(C(=O)Cc2scc(-c3ccc(Cl)cc3)c2C(=O)O)ncn1-c1ccccc1. The fourth-order valence-corrected chi connectivity index (χ4v) is 4.54. The van der Waals surface area contributed by atoms with Crippen LogP contribution in [0.1, 0.15) is 31.4 Å². The van der Waals surface area contributed by atoms with Crippen molar-refractivity contribution < 1.29 is 14.7 Å². The van der Waals surface area contributed by atoms with Gasteiger partial charge in [-0.25, -0.2) is 9.78 Å². The van der Waals surface area contributed by atoms with Gasteiger partial charge in [-0.3, -0.25) is 4.79 Å². The van der Waals surface area contributed by atoms with Crippen LogP contribution in [0.3, 0.4) is 0 Å². The summed E-state index contributed by atoms with van der Waals surface area (Å²) in [6.07, 6.45) is 1.59. The van der Waals surface area contributed by atoms with E-state index in [0.717, 1.165) is 16.9 Å². The minimum absolute atomic E-state index is 0.0213. The highest BCUT2D eigenvalue weighted by molar-refractivity contribution is 7.11. The Morgan fingerprint density at radius 3 is 2.47 bits per heavy atom. The average Bonchev–Trinajstić information content (AvgIpc) is 3.33. The van der Waals surface area contributed by atoms with Crippen LogP contribution in [0.4, 0.5) is 0 Å². The molecule has 0 aliphatic heterocycles. The second-order valence-corrected chi connectivity index (χ2v) is 8.14. The first-order valence-corrected chi connectivity index (χ1v) is 10.4. The molecule has 0 unspecified atom stereocenters. The van der Waals surface area contributed by atoms with Crippen LogP contribution in [-0.2, 0) is 6.42 Å². The van der Waals surface area contributed by atoms with Gasteiger partial charge in [0.1, 0.15) is 12.0 Å². The van der Waals surface area contributed by atoms with Gasteiger partial charge in [0.15, 0.2) is 5.78 Å². The van der Waals surface area contributed by atoms with Crippen LogP contribution in [0.15, 0.2) is 66.3 Å². The maximum absolute atomic E-state index is 13.0. The number of aromatic nitrogens is 2. The monoisotopic (exact) mass is 436 g/mol. The van der Waals surface area contributed by atoms with Gasteiger partial charge >= 0.3 is 5.97 Å². The molecule has 0 amide bonds. The lowest BCUT2D eigenvalue weighted by atomic mass is 10.0. The largest absolute Gasteiger partial charge is 0.478 e. The van der Waals surface area contributed by atoms with Crippen LogP contribution in [-0.4, -0.2) is 26.4 Å². The Morgan fingerprint density at radius 2 is 1.80 bits per heavy atom. The number of ketones is 1. The molecule has 0 saturated heterocycles. The van der Waals surface area contributed by atoms with Crippen LogP contribution in [0.5, 0.6) is 0 Å². The Balaban J connectivity index is 1.65. The summed E-state index contributed by atoms with van der Waals surface area (Å²) in [5, 5.41) is 12.1. The van der Waals surface area contributed by atoms with E-state index < -0.39 is 5.97 Å². The van der Waals surface area contributed by atoms with E-state index in [-0.39, 0.29) is 17.8 Å². The lowest BCUT2D eigenvalue weighted by Gasteiger charge is -2.06. The molecule has 150 valence electrons. The zero-order chi connectivity index (χ0) is 21.3. The molecule has 0 atom stereocenters. The summed E-state index contributed by atoms with van der Waals surface area (Å²) in [6.45, 7) is 1.83. The molecule has 0 saturated carbocycles. The molecule has 2 aromatic carbocycles. The average molecular weight is 437 g/mol.